The van der Waals surface area contributed by atoms with E-state index in [0.717, 1.165) is 49.4 Å². The third-order valence-electron chi connectivity index (χ3n) is 4.58. The summed E-state index contributed by atoms with van der Waals surface area (Å²) in [6.45, 7) is 6.08. The molecule has 0 aromatic carbocycles. The van der Waals surface area contributed by atoms with E-state index in [-0.39, 0.29) is 17.4 Å². The van der Waals surface area contributed by atoms with Crippen molar-refractivity contribution >= 4 is 17.3 Å². The second-order valence-electron chi connectivity index (χ2n) is 6.54. The first-order valence-corrected chi connectivity index (χ1v) is 8.52. The fourth-order valence-electron chi connectivity index (χ4n) is 3.43. The molecule has 0 saturated carbocycles. The molecular weight excluding hydrogens is 302 g/mol. The monoisotopic (exact) mass is 325 g/mol. The average Bonchev–Trinajstić information content (AvgIpc) is 3.03. The third-order valence-corrected chi connectivity index (χ3v) is 4.58. The number of hydrogen-bond donors (Lipinski definition) is 1. The highest BCUT2D eigenvalue weighted by molar-refractivity contribution is 5.99. The van der Waals surface area contributed by atoms with E-state index in [9.17, 15) is 10.1 Å². The van der Waals surface area contributed by atoms with Gasteiger partial charge in [0.1, 0.15) is 11.6 Å². The molecule has 0 radical (unpaired) electrons. The molecule has 6 nitrogen and oxygen atoms in total. The number of nitrogens with zero attached hydrogens (tertiary/aromatic N) is 4. The molecule has 0 aliphatic carbocycles. The van der Waals surface area contributed by atoms with Gasteiger partial charge in [0.25, 0.3) is 5.91 Å². The summed E-state index contributed by atoms with van der Waals surface area (Å²) in [7, 11) is 0. The molecule has 2 aliphatic heterocycles. The van der Waals surface area contributed by atoms with Gasteiger partial charge in [-0.1, -0.05) is 13.8 Å². The van der Waals surface area contributed by atoms with Crippen LogP contribution < -0.4 is 10.2 Å². The van der Waals surface area contributed by atoms with Gasteiger partial charge in [0.05, 0.1) is 24.2 Å². The van der Waals surface area contributed by atoms with Gasteiger partial charge in [-0.2, -0.15) is 5.26 Å². The number of amides is 1. The van der Waals surface area contributed by atoms with Crippen LogP contribution in [0.5, 0.6) is 0 Å². The Hall–Kier alpha value is -2.55. The van der Waals surface area contributed by atoms with Crippen molar-refractivity contribution in [2.75, 3.05) is 30.0 Å². The van der Waals surface area contributed by atoms with Crippen molar-refractivity contribution in [3.05, 3.63) is 29.7 Å². The molecule has 1 aromatic rings. The lowest BCUT2D eigenvalue weighted by atomic mass is 10.0. The maximum atomic E-state index is 12.9. The van der Waals surface area contributed by atoms with Crippen LogP contribution in [-0.4, -0.2) is 35.5 Å². The van der Waals surface area contributed by atoms with Crippen LogP contribution in [0.15, 0.2) is 29.7 Å². The maximum absolute atomic E-state index is 12.9. The molecule has 2 aliphatic rings. The van der Waals surface area contributed by atoms with Gasteiger partial charge in [0.2, 0.25) is 0 Å². The molecule has 0 atom stereocenters. The van der Waals surface area contributed by atoms with E-state index in [4.69, 9.17) is 0 Å². The number of likely N-dealkylation sites (tertiary alicyclic amines) is 1. The second-order valence-corrected chi connectivity index (χ2v) is 6.54. The molecule has 1 aromatic heterocycles. The maximum Gasteiger partial charge on any atom is 0.266 e. The van der Waals surface area contributed by atoms with Crippen molar-refractivity contribution in [3.63, 3.8) is 0 Å². The van der Waals surface area contributed by atoms with Gasteiger partial charge in [0, 0.05) is 25.0 Å². The summed E-state index contributed by atoms with van der Waals surface area (Å²) in [6, 6.07) is 4.11. The standard InChI is InChI=1S/C18H23N5O/c1-13(2)17(23-12-21-15-11-20-7-6-16(15)23)14(10-19)18(24)22-8-4-3-5-9-22/h6-7,11,13,21H,3-5,8-9,12H2,1-2H3. The number of fused-ring (bicyclic) bond motifs is 1. The molecule has 3 rings (SSSR count). The molecule has 6 heteroatoms. The molecule has 1 fully saturated rings. The number of nitrogens with one attached hydrogen (secondary N) is 1. The molecule has 1 saturated heterocycles. The smallest absolute Gasteiger partial charge is 0.266 e. The fourth-order valence-corrected chi connectivity index (χ4v) is 3.43. The Bertz CT molecular complexity index is 698. The van der Waals surface area contributed by atoms with Crippen molar-refractivity contribution in [2.45, 2.75) is 33.1 Å². The highest BCUT2D eigenvalue weighted by Gasteiger charge is 2.30. The molecule has 0 bridgehead atoms. The van der Waals surface area contributed by atoms with Crippen LogP contribution in [0.1, 0.15) is 33.1 Å². The Labute approximate surface area is 142 Å². The molecular formula is C18H23N5O. The van der Waals surface area contributed by atoms with Crippen LogP contribution in [0, 0.1) is 17.2 Å². The first-order chi connectivity index (χ1) is 11.6. The van der Waals surface area contributed by atoms with Gasteiger partial charge in [0.15, 0.2) is 0 Å². The van der Waals surface area contributed by atoms with Crippen LogP contribution in [0.4, 0.5) is 11.4 Å². The number of anilines is 2. The first kappa shape index (κ1) is 16.3. The van der Waals surface area contributed by atoms with Gasteiger partial charge in [-0.15, -0.1) is 0 Å². The normalized spacial score (nSPS) is 17.9. The molecule has 3 heterocycles. The van der Waals surface area contributed by atoms with Crippen molar-refractivity contribution in [3.8, 4) is 6.07 Å². The van der Waals surface area contributed by atoms with Gasteiger partial charge < -0.3 is 15.1 Å². The van der Waals surface area contributed by atoms with Gasteiger partial charge in [-0.3, -0.25) is 9.78 Å². The number of rotatable bonds is 3. The number of allylic oxidation sites excluding steroid dienone is 1. The van der Waals surface area contributed by atoms with Crippen molar-refractivity contribution in [1.82, 2.24) is 9.88 Å². The number of pyridine rings is 1. The lowest BCUT2D eigenvalue weighted by molar-refractivity contribution is -0.127. The van der Waals surface area contributed by atoms with E-state index >= 15 is 0 Å². The zero-order valence-electron chi connectivity index (χ0n) is 14.2. The summed E-state index contributed by atoms with van der Waals surface area (Å²) in [5, 5.41) is 13.0. The minimum absolute atomic E-state index is 0.0642. The number of carbonyl (C=O) groups excluding carboxylic acids is 1. The molecule has 0 unspecified atom stereocenters. The Morgan fingerprint density at radius 2 is 2.08 bits per heavy atom. The number of piperidine rings is 1. The van der Waals surface area contributed by atoms with Crippen LogP contribution in [0.3, 0.4) is 0 Å². The van der Waals surface area contributed by atoms with Crippen LogP contribution in [-0.2, 0) is 4.79 Å². The van der Waals surface area contributed by atoms with Gasteiger partial charge >= 0.3 is 0 Å². The minimum Gasteiger partial charge on any atom is -0.364 e. The van der Waals surface area contributed by atoms with E-state index in [1.165, 1.54) is 0 Å². The minimum atomic E-state index is -0.136. The first-order valence-electron chi connectivity index (χ1n) is 8.52. The van der Waals surface area contributed by atoms with Crippen LogP contribution >= 0.6 is 0 Å². The Morgan fingerprint density at radius 3 is 2.75 bits per heavy atom. The Morgan fingerprint density at radius 1 is 1.33 bits per heavy atom. The van der Waals surface area contributed by atoms with Crippen molar-refractivity contribution in [2.24, 2.45) is 5.92 Å². The fraction of sp³-hybridized carbons (Fsp3) is 0.500. The lowest BCUT2D eigenvalue weighted by Crippen LogP contribution is -2.38. The summed E-state index contributed by atoms with van der Waals surface area (Å²) in [5.41, 5.74) is 2.94. The zero-order valence-corrected chi connectivity index (χ0v) is 14.2. The van der Waals surface area contributed by atoms with E-state index in [2.05, 4.69) is 16.4 Å². The van der Waals surface area contributed by atoms with Gasteiger partial charge in [-0.25, -0.2) is 0 Å². The SMILES string of the molecule is CC(C)C(=C(C#N)C(=O)N1CCCCC1)N1CNc2cnccc21. The molecule has 0 spiro atoms. The van der Waals surface area contributed by atoms with E-state index in [1.807, 2.05) is 29.7 Å². The number of aromatic nitrogens is 1. The molecule has 126 valence electrons. The van der Waals surface area contributed by atoms with E-state index < -0.39 is 0 Å². The number of hydrogen-bond acceptors (Lipinski definition) is 5. The summed E-state index contributed by atoms with van der Waals surface area (Å²) in [4.78, 5) is 20.9. The number of carbonyl (C=O) groups is 1. The quantitative estimate of drug-likeness (QED) is 0.683. The van der Waals surface area contributed by atoms with Gasteiger partial charge in [-0.05, 0) is 31.2 Å². The Kier molecular flexibility index (Phi) is 4.70. The van der Waals surface area contributed by atoms with Crippen molar-refractivity contribution in [1.29, 1.82) is 5.26 Å². The van der Waals surface area contributed by atoms with E-state index in [1.54, 1.807) is 12.4 Å². The van der Waals surface area contributed by atoms with Crippen LogP contribution in [0.2, 0.25) is 0 Å². The Balaban J connectivity index is 2.00. The molecule has 24 heavy (non-hydrogen) atoms. The highest BCUT2D eigenvalue weighted by atomic mass is 16.2. The van der Waals surface area contributed by atoms with Crippen molar-refractivity contribution < 1.29 is 4.79 Å². The second kappa shape index (κ2) is 6.91. The predicted molar refractivity (Wildman–Crippen MR) is 93.1 cm³/mol. The largest absolute Gasteiger partial charge is 0.364 e. The predicted octanol–water partition coefficient (Wildman–Crippen LogP) is 2.72. The van der Waals surface area contributed by atoms with E-state index in [0.29, 0.717) is 6.67 Å². The lowest BCUT2D eigenvalue weighted by Gasteiger charge is -2.30. The van der Waals surface area contributed by atoms with Crippen LogP contribution in [0.25, 0.3) is 0 Å². The number of nitriles is 1. The summed E-state index contributed by atoms with van der Waals surface area (Å²) in [5.74, 6) is -0.0716. The summed E-state index contributed by atoms with van der Waals surface area (Å²) in [6.07, 6.45) is 6.69. The highest BCUT2D eigenvalue weighted by Crippen LogP contribution is 2.36. The summed E-state index contributed by atoms with van der Waals surface area (Å²) < 4.78 is 0. The molecule has 1 N–H and O–H groups in total. The average molecular weight is 325 g/mol. The molecule has 1 amide bonds. The summed E-state index contributed by atoms with van der Waals surface area (Å²) >= 11 is 0. The zero-order chi connectivity index (χ0) is 17.1. The third kappa shape index (κ3) is 2.94. The topological polar surface area (TPSA) is 72.3 Å².